The van der Waals surface area contributed by atoms with Gasteiger partial charge in [-0.3, -0.25) is 4.57 Å². The fourth-order valence-corrected chi connectivity index (χ4v) is 9.97. The molecule has 0 amide bonds. The van der Waals surface area contributed by atoms with Gasteiger partial charge in [-0.05, 0) is 29.0 Å². The van der Waals surface area contributed by atoms with Crippen LogP contribution in [0.1, 0.15) is 0 Å². The van der Waals surface area contributed by atoms with Crippen LogP contribution in [-0.2, 0) is 0 Å². The van der Waals surface area contributed by atoms with Crippen molar-refractivity contribution in [2.75, 3.05) is 0 Å². The van der Waals surface area contributed by atoms with Crippen molar-refractivity contribution in [3.63, 3.8) is 0 Å². The zero-order valence-corrected chi connectivity index (χ0v) is 26.6. The number of benzene rings is 7. The first-order valence-corrected chi connectivity index (χ1v) is 17.4. The van der Waals surface area contributed by atoms with Gasteiger partial charge in [0.1, 0.15) is 4.83 Å². The Hall–Kier alpha value is -5.62. The Morgan fingerprint density at radius 1 is 0.447 bits per heavy atom. The fourth-order valence-electron chi connectivity index (χ4n) is 7.65. The third-order valence-corrected chi connectivity index (χ3v) is 11.9. The van der Waals surface area contributed by atoms with Crippen molar-refractivity contribution < 1.29 is 0 Å². The van der Waals surface area contributed by atoms with Crippen LogP contribution in [0.3, 0.4) is 0 Å². The molecule has 218 valence electrons. The molecule has 4 aromatic heterocycles. The second kappa shape index (κ2) is 9.46. The van der Waals surface area contributed by atoms with E-state index in [4.69, 9.17) is 9.97 Å². The molecule has 47 heavy (non-hydrogen) atoms. The van der Waals surface area contributed by atoms with Crippen molar-refractivity contribution in [1.29, 1.82) is 0 Å². The maximum absolute atomic E-state index is 5.58. The standard InChI is InChI=1S/C42H23N3S2/c1-2-14-25-24(12-1)13-11-20-28(25)40-43-41(37-31-19-7-10-23-34(31)47-42(37)44-40)45-32-21-8-5-17-29(32)35-36-30-18-6-9-22-33(30)46-39(36)27-16-4-3-15-26(27)38(35)45/h1-23H. The van der Waals surface area contributed by atoms with Crippen LogP contribution in [0.5, 0.6) is 0 Å². The summed E-state index contributed by atoms with van der Waals surface area (Å²) in [5, 5.41) is 12.3. The Morgan fingerprint density at radius 3 is 1.89 bits per heavy atom. The SMILES string of the molecule is c1ccc2c(-c3nc(-n4c5ccccc5c5c6c7ccccc7sc6c6ccccc6c54)c4c(n3)sc3ccccc34)cccc2c1. The third kappa shape index (κ3) is 3.45. The minimum absolute atomic E-state index is 0.744. The number of para-hydroxylation sites is 1. The Labute approximate surface area is 276 Å². The Kier molecular flexibility index (Phi) is 5.14. The molecule has 3 nitrogen and oxygen atoms in total. The van der Waals surface area contributed by atoms with Crippen molar-refractivity contribution in [2.24, 2.45) is 0 Å². The molecule has 0 aliphatic rings. The molecule has 0 saturated carbocycles. The zero-order chi connectivity index (χ0) is 30.6. The van der Waals surface area contributed by atoms with E-state index in [1.807, 2.05) is 11.3 Å². The summed E-state index contributed by atoms with van der Waals surface area (Å²) < 4.78 is 6.30. The third-order valence-electron chi connectivity index (χ3n) is 9.61. The summed E-state index contributed by atoms with van der Waals surface area (Å²) in [5.74, 6) is 1.67. The Morgan fingerprint density at radius 2 is 1.06 bits per heavy atom. The fraction of sp³-hybridized carbons (Fsp3) is 0. The molecule has 7 aromatic carbocycles. The molecular weight excluding hydrogens is 611 g/mol. The lowest BCUT2D eigenvalue weighted by Crippen LogP contribution is -2.02. The van der Waals surface area contributed by atoms with Gasteiger partial charge in [-0.25, -0.2) is 9.97 Å². The van der Waals surface area contributed by atoms with Gasteiger partial charge in [0.05, 0.1) is 16.4 Å². The molecule has 11 aromatic rings. The predicted octanol–water partition coefficient (Wildman–Crippen LogP) is 12.3. The topological polar surface area (TPSA) is 30.7 Å². The van der Waals surface area contributed by atoms with Crippen molar-refractivity contribution in [3.05, 3.63) is 140 Å². The van der Waals surface area contributed by atoms with Gasteiger partial charge in [0, 0.05) is 57.4 Å². The smallest absolute Gasteiger partial charge is 0.163 e. The summed E-state index contributed by atoms with van der Waals surface area (Å²) >= 11 is 3.64. The van der Waals surface area contributed by atoms with Gasteiger partial charge in [-0.2, -0.15) is 0 Å². The monoisotopic (exact) mass is 633 g/mol. The average Bonchev–Trinajstić information content (AvgIpc) is 3.81. The van der Waals surface area contributed by atoms with Crippen molar-refractivity contribution >= 4 is 106 Å². The van der Waals surface area contributed by atoms with Crippen molar-refractivity contribution in [2.45, 2.75) is 0 Å². The molecule has 0 unspecified atom stereocenters. The first kappa shape index (κ1) is 25.6. The molecule has 0 bridgehead atoms. The van der Waals surface area contributed by atoms with Gasteiger partial charge in [-0.15, -0.1) is 22.7 Å². The molecule has 0 aliphatic carbocycles. The summed E-state index contributed by atoms with van der Waals surface area (Å²) in [6.45, 7) is 0. The highest BCUT2D eigenvalue weighted by molar-refractivity contribution is 7.27. The van der Waals surface area contributed by atoms with Crippen LogP contribution in [0.4, 0.5) is 0 Å². The molecule has 0 fully saturated rings. The lowest BCUT2D eigenvalue weighted by Gasteiger charge is -2.14. The van der Waals surface area contributed by atoms with Crippen LogP contribution < -0.4 is 0 Å². The lowest BCUT2D eigenvalue weighted by atomic mass is 10.00. The summed E-state index contributed by atoms with van der Waals surface area (Å²) in [4.78, 5) is 11.9. The summed E-state index contributed by atoms with van der Waals surface area (Å²) in [6, 6.07) is 50.2. The number of hydrogen-bond acceptors (Lipinski definition) is 4. The molecule has 11 rings (SSSR count). The lowest BCUT2D eigenvalue weighted by molar-refractivity contribution is 1.09. The van der Waals surface area contributed by atoms with E-state index in [0.29, 0.717) is 0 Å². The van der Waals surface area contributed by atoms with E-state index < -0.39 is 0 Å². The van der Waals surface area contributed by atoms with Crippen LogP contribution in [0.2, 0.25) is 0 Å². The van der Waals surface area contributed by atoms with Gasteiger partial charge in [0.15, 0.2) is 11.6 Å². The van der Waals surface area contributed by atoms with E-state index in [1.165, 1.54) is 62.7 Å². The quantitative estimate of drug-likeness (QED) is 0.190. The summed E-state index contributed by atoms with van der Waals surface area (Å²) in [7, 11) is 0. The van der Waals surface area contributed by atoms with Crippen LogP contribution in [0.25, 0.3) is 101 Å². The van der Waals surface area contributed by atoms with E-state index in [-0.39, 0.29) is 0 Å². The number of hydrogen-bond donors (Lipinski definition) is 0. The highest BCUT2D eigenvalue weighted by Crippen LogP contribution is 2.49. The minimum Gasteiger partial charge on any atom is -0.292 e. The summed E-state index contributed by atoms with van der Waals surface area (Å²) in [5.41, 5.74) is 3.38. The van der Waals surface area contributed by atoms with Gasteiger partial charge in [0.25, 0.3) is 0 Å². The van der Waals surface area contributed by atoms with Crippen LogP contribution in [-0.4, -0.2) is 14.5 Å². The van der Waals surface area contributed by atoms with E-state index in [1.54, 1.807) is 11.3 Å². The summed E-state index contributed by atoms with van der Waals surface area (Å²) in [6.07, 6.45) is 0. The number of thiophene rings is 2. The molecule has 0 spiro atoms. The molecular formula is C42H23N3S2. The maximum atomic E-state index is 5.58. The van der Waals surface area contributed by atoms with Gasteiger partial charge in [0.2, 0.25) is 0 Å². The van der Waals surface area contributed by atoms with Gasteiger partial charge < -0.3 is 0 Å². The van der Waals surface area contributed by atoms with E-state index in [2.05, 4.69) is 144 Å². The largest absolute Gasteiger partial charge is 0.292 e. The van der Waals surface area contributed by atoms with Crippen LogP contribution in [0.15, 0.2) is 140 Å². The molecule has 0 N–H and O–H groups in total. The second-order valence-corrected chi connectivity index (χ2v) is 14.2. The predicted molar refractivity (Wildman–Crippen MR) is 203 cm³/mol. The average molecular weight is 634 g/mol. The Bertz CT molecular complexity index is 3080. The minimum atomic E-state index is 0.744. The first-order valence-electron chi connectivity index (χ1n) is 15.8. The number of fused-ring (bicyclic) bond motifs is 14. The highest BCUT2D eigenvalue weighted by Gasteiger charge is 2.25. The maximum Gasteiger partial charge on any atom is 0.163 e. The van der Waals surface area contributed by atoms with E-state index in [0.717, 1.165) is 38.3 Å². The number of aromatic nitrogens is 3. The molecule has 4 heterocycles. The molecule has 0 aliphatic heterocycles. The van der Waals surface area contributed by atoms with E-state index in [9.17, 15) is 0 Å². The van der Waals surface area contributed by atoms with Gasteiger partial charge in [-0.1, -0.05) is 121 Å². The number of nitrogens with zero attached hydrogens (tertiary/aromatic N) is 3. The van der Waals surface area contributed by atoms with Crippen molar-refractivity contribution in [3.8, 4) is 17.2 Å². The van der Waals surface area contributed by atoms with Crippen molar-refractivity contribution in [1.82, 2.24) is 14.5 Å². The van der Waals surface area contributed by atoms with Crippen LogP contribution >= 0.6 is 22.7 Å². The molecule has 5 heteroatoms. The first-order chi connectivity index (χ1) is 23.3. The number of rotatable bonds is 2. The molecule has 0 atom stereocenters. The highest BCUT2D eigenvalue weighted by atomic mass is 32.1. The van der Waals surface area contributed by atoms with E-state index >= 15 is 0 Å². The normalized spacial score (nSPS) is 12.3. The Balaban J connectivity index is 1.40. The van der Waals surface area contributed by atoms with Gasteiger partial charge >= 0.3 is 0 Å². The van der Waals surface area contributed by atoms with Crippen LogP contribution in [0, 0.1) is 0 Å². The zero-order valence-electron chi connectivity index (χ0n) is 24.9. The molecule has 0 radical (unpaired) electrons. The second-order valence-electron chi connectivity index (χ2n) is 12.1. The molecule has 0 saturated heterocycles.